The first-order chi connectivity index (χ1) is 23.9. The van der Waals surface area contributed by atoms with Crippen molar-refractivity contribution in [1.29, 1.82) is 0 Å². The summed E-state index contributed by atoms with van der Waals surface area (Å²) in [6, 6.07) is 8.85. The normalized spacial score (nSPS) is 21.0. The molecule has 0 bridgehead atoms. The SMILES string of the molecule is CCOC(=O)c1oc2cc(O[C@@H]3O[C@H](COC(C)=O)[C@@H](OC(C)=O)[C@H](OC(C)=O)[C@H]3OC(C)=O)ccc2c(=O)c1-c1ccc2c(c1)OCCO2. The topological polar surface area (TPSA) is 199 Å². The van der Waals surface area contributed by atoms with E-state index in [1.807, 2.05) is 0 Å². The third-order valence-corrected chi connectivity index (χ3v) is 7.36. The second kappa shape index (κ2) is 15.3. The third kappa shape index (κ3) is 7.97. The monoisotopic (exact) mass is 698 g/mol. The van der Waals surface area contributed by atoms with Gasteiger partial charge in [-0.15, -0.1) is 0 Å². The fourth-order valence-electron chi connectivity index (χ4n) is 5.47. The third-order valence-electron chi connectivity index (χ3n) is 7.36. The van der Waals surface area contributed by atoms with Gasteiger partial charge in [0.05, 0.1) is 17.6 Å². The van der Waals surface area contributed by atoms with E-state index in [0.29, 0.717) is 30.3 Å². The molecule has 16 nitrogen and oxygen atoms in total. The van der Waals surface area contributed by atoms with E-state index in [2.05, 4.69) is 0 Å². The molecule has 50 heavy (non-hydrogen) atoms. The maximum Gasteiger partial charge on any atom is 0.375 e. The molecule has 0 saturated carbocycles. The molecule has 1 fully saturated rings. The van der Waals surface area contributed by atoms with Crippen molar-refractivity contribution in [1.82, 2.24) is 0 Å². The lowest BCUT2D eigenvalue weighted by atomic mass is 9.98. The molecule has 0 unspecified atom stereocenters. The van der Waals surface area contributed by atoms with Gasteiger partial charge in [0.15, 0.2) is 23.7 Å². The van der Waals surface area contributed by atoms with Crippen LogP contribution in [0.2, 0.25) is 0 Å². The average Bonchev–Trinajstić information content (AvgIpc) is 3.05. The number of fused-ring (bicyclic) bond motifs is 2. The second-order valence-corrected chi connectivity index (χ2v) is 11.1. The molecular weight excluding hydrogens is 664 g/mol. The lowest BCUT2D eigenvalue weighted by molar-refractivity contribution is -0.288. The molecule has 1 saturated heterocycles. The Morgan fingerprint density at radius 1 is 0.760 bits per heavy atom. The summed E-state index contributed by atoms with van der Waals surface area (Å²) < 4.78 is 55.9. The van der Waals surface area contributed by atoms with Crippen LogP contribution >= 0.6 is 0 Å². The van der Waals surface area contributed by atoms with Gasteiger partial charge in [0, 0.05) is 33.8 Å². The van der Waals surface area contributed by atoms with E-state index in [1.54, 1.807) is 25.1 Å². The van der Waals surface area contributed by atoms with Crippen LogP contribution in [0.5, 0.6) is 17.2 Å². The lowest BCUT2D eigenvalue weighted by Gasteiger charge is -2.43. The van der Waals surface area contributed by atoms with E-state index in [0.717, 1.165) is 27.7 Å². The van der Waals surface area contributed by atoms with Crippen molar-refractivity contribution in [2.75, 3.05) is 26.4 Å². The summed E-state index contributed by atoms with van der Waals surface area (Å²) in [5.41, 5.74) is -0.390. The van der Waals surface area contributed by atoms with Crippen molar-refractivity contribution < 1.29 is 71.0 Å². The summed E-state index contributed by atoms with van der Waals surface area (Å²) >= 11 is 0. The number of carbonyl (C=O) groups excluding carboxylic acids is 5. The Morgan fingerprint density at radius 2 is 1.42 bits per heavy atom. The van der Waals surface area contributed by atoms with E-state index < -0.39 is 72.6 Å². The number of benzene rings is 2. The van der Waals surface area contributed by atoms with Crippen LogP contribution in [0.25, 0.3) is 22.1 Å². The fourth-order valence-corrected chi connectivity index (χ4v) is 5.47. The van der Waals surface area contributed by atoms with Gasteiger partial charge in [-0.25, -0.2) is 4.79 Å². The summed E-state index contributed by atoms with van der Waals surface area (Å²) in [6.45, 7) is 6.22. The first-order valence-electron chi connectivity index (χ1n) is 15.5. The minimum absolute atomic E-state index is 0.00673. The number of ether oxygens (including phenoxy) is 9. The summed E-state index contributed by atoms with van der Waals surface area (Å²) in [5.74, 6) is -3.54. The van der Waals surface area contributed by atoms with Gasteiger partial charge in [-0.05, 0) is 36.8 Å². The number of carbonyl (C=O) groups is 5. The molecule has 2 aliphatic heterocycles. The van der Waals surface area contributed by atoms with E-state index in [1.165, 1.54) is 18.2 Å². The van der Waals surface area contributed by atoms with Gasteiger partial charge < -0.3 is 47.0 Å². The zero-order chi connectivity index (χ0) is 36.1. The Balaban J connectivity index is 1.57. The maximum absolute atomic E-state index is 13.9. The van der Waals surface area contributed by atoms with Gasteiger partial charge in [0.2, 0.25) is 23.6 Å². The highest BCUT2D eigenvalue weighted by atomic mass is 16.7. The Morgan fingerprint density at radius 3 is 2.08 bits per heavy atom. The summed E-state index contributed by atoms with van der Waals surface area (Å²) in [5, 5.41) is 0.0665. The van der Waals surface area contributed by atoms with Crippen molar-refractivity contribution in [2.24, 2.45) is 0 Å². The average molecular weight is 699 g/mol. The van der Waals surface area contributed by atoms with Gasteiger partial charge in [-0.1, -0.05) is 6.07 Å². The molecule has 0 radical (unpaired) electrons. The first-order valence-corrected chi connectivity index (χ1v) is 15.5. The van der Waals surface area contributed by atoms with Crippen molar-refractivity contribution >= 4 is 40.8 Å². The standard InChI is InChI=1S/C34H34O16/c1-6-41-33(40)30-27(20-7-10-23-25(13-20)43-12-11-42-23)28(39)22-9-8-21(14-24(22)49-30)48-34-32(47-19(5)38)31(46-18(4)37)29(45-17(3)36)26(50-34)15-44-16(2)35/h7-10,13-14,26,29,31-32,34H,6,11-12,15H2,1-5H3/t26-,29-,31+,32-,34-/m1/s1. The highest BCUT2D eigenvalue weighted by Crippen LogP contribution is 2.37. The van der Waals surface area contributed by atoms with Crippen LogP contribution in [0.1, 0.15) is 45.2 Å². The van der Waals surface area contributed by atoms with Crippen LogP contribution in [-0.2, 0) is 47.6 Å². The molecule has 0 aliphatic carbocycles. The van der Waals surface area contributed by atoms with Gasteiger partial charge in [0.1, 0.15) is 37.3 Å². The molecule has 0 N–H and O–H groups in total. The number of rotatable bonds is 10. The largest absolute Gasteiger partial charge is 0.486 e. The smallest absolute Gasteiger partial charge is 0.375 e. The van der Waals surface area contributed by atoms with Crippen molar-refractivity contribution in [3.63, 3.8) is 0 Å². The van der Waals surface area contributed by atoms with E-state index in [-0.39, 0.29) is 34.6 Å². The van der Waals surface area contributed by atoms with Crippen LogP contribution < -0.4 is 19.6 Å². The second-order valence-electron chi connectivity index (χ2n) is 11.1. The molecule has 2 aromatic carbocycles. The van der Waals surface area contributed by atoms with Crippen LogP contribution in [0.4, 0.5) is 0 Å². The minimum atomic E-state index is -1.55. The molecule has 0 spiro atoms. The van der Waals surface area contributed by atoms with Crippen molar-refractivity contribution in [2.45, 2.75) is 65.3 Å². The molecule has 5 atom stereocenters. The predicted octanol–water partition coefficient (Wildman–Crippen LogP) is 2.87. The molecule has 0 amide bonds. The quantitative estimate of drug-likeness (QED) is 0.221. The molecule has 5 rings (SSSR count). The molecule has 3 heterocycles. The van der Waals surface area contributed by atoms with Crippen molar-refractivity contribution in [3.8, 4) is 28.4 Å². The molecular formula is C34H34O16. The molecule has 3 aromatic rings. The zero-order valence-electron chi connectivity index (χ0n) is 27.7. The zero-order valence-corrected chi connectivity index (χ0v) is 27.7. The number of esters is 5. The minimum Gasteiger partial charge on any atom is -0.486 e. The van der Waals surface area contributed by atoms with Crippen LogP contribution in [0, 0.1) is 0 Å². The molecule has 266 valence electrons. The first kappa shape index (κ1) is 35.7. The highest BCUT2D eigenvalue weighted by Gasteiger charge is 2.53. The van der Waals surface area contributed by atoms with Crippen LogP contribution in [0.15, 0.2) is 45.6 Å². The van der Waals surface area contributed by atoms with Crippen LogP contribution in [-0.4, -0.2) is 87.0 Å². The van der Waals surface area contributed by atoms with Crippen molar-refractivity contribution in [3.05, 3.63) is 52.4 Å². The fraction of sp³-hybridized carbons (Fsp3) is 0.412. The highest BCUT2D eigenvalue weighted by molar-refractivity contribution is 5.98. The van der Waals surface area contributed by atoms with Gasteiger partial charge >= 0.3 is 29.8 Å². The maximum atomic E-state index is 13.9. The number of hydrogen-bond donors (Lipinski definition) is 0. The molecule has 16 heteroatoms. The predicted molar refractivity (Wildman–Crippen MR) is 167 cm³/mol. The lowest BCUT2D eigenvalue weighted by Crippen LogP contribution is -2.63. The van der Waals surface area contributed by atoms with Gasteiger partial charge in [-0.2, -0.15) is 0 Å². The van der Waals surface area contributed by atoms with Gasteiger partial charge in [-0.3, -0.25) is 24.0 Å². The Kier molecular flexibility index (Phi) is 10.9. The number of hydrogen-bond acceptors (Lipinski definition) is 16. The Bertz CT molecular complexity index is 1860. The Hall–Kier alpha value is -5.64. The Labute approximate surface area is 284 Å². The van der Waals surface area contributed by atoms with Gasteiger partial charge in [0.25, 0.3) is 0 Å². The van der Waals surface area contributed by atoms with E-state index in [9.17, 15) is 28.8 Å². The summed E-state index contributed by atoms with van der Waals surface area (Å²) in [4.78, 5) is 75.1. The summed E-state index contributed by atoms with van der Waals surface area (Å²) in [7, 11) is 0. The summed E-state index contributed by atoms with van der Waals surface area (Å²) in [6.07, 6.45) is -7.18. The van der Waals surface area contributed by atoms with Crippen LogP contribution in [0.3, 0.4) is 0 Å². The van der Waals surface area contributed by atoms with E-state index >= 15 is 0 Å². The van der Waals surface area contributed by atoms with E-state index in [4.69, 9.17) is 47.0 Å². The molecule has 2 aliphatic rings. The molecule has 1 aromatic heterocycles.